The molecule has 5 heteroatoms. The van der Waals surface area contributed by atoms with E-state index in [1.165, 1.54) is 0 Å². The molecule has 5 nitrogen and oxygen atoms in total. The quantitative estimate of drug-likeness (QED) is 0.721. The molecule has 3 aromatic rings. The monoisotopic (exact) mass is 323 g/mol. The summed E-state index contributed by atoms with van der Waals surface area (Å²) in [4.78, 5) is 2.05. The highest BCUT2D eigenvalue weighted by atomic mass is 16.4. The van der Waals surface area contributed by atoms with Crippen molar-refractivity contribution in [3.8, 4) is 11.5 Å². The van der Waals surface area contributed by atoms with Gasteiger partial charge in [-0.25, -0.2) is 0 Å². The van der Waals surface area contributed by atoms with Gasteiger partial charge < -0.3 is 14.4 Å². The third kappa shape index (κ3) is 4.00. The third-order valence-electron chi connectivity index (χ3n) is 3.84. The summed E-state index contributed by atoms with van der Waals surface area (Å²) in [6.45, 7) is 2.94. The summed E-state index contributed by atoms with van der Waals surface area (Å²) < 4.78 is 5.79. The number of anilines is 1. The van der Waals surface area contributed by atoms with E-state index in [9.17, 15) is 5.11 Å². The molecule has 24 heavy (non-hydrogen) atoms. The van der Waals surface area contributed by atoms with Gasteiger partial charge in [0.25, 0.3) is 0 Å². The van der Waals surface area contributed by atoms with Gasteiger partial charge in [0.15, 0.2) is 0 Å². The SMILES string of the molecule is CC[C@H](O)CN(Cc1nnc(-c2ccccc2)o1)c1ccccc1. The zero-order chi connectivity index (χ0) is 16.8. The van der Waals surface area contributed by atoms with Gasteiger partial charge in [-0.3, -0.25) is 0 Å². The number of aromatic nitrogens is 2. The number of hydrogen-bond donors (Lipinski definition) is 1. The predicted molar refractivity (Wildman–Crippen MR) is 93.5 cm³/mol. The van der Waals surface area contributed by atoms with Crippen molar-refractivity contribution < 1.29 is 9.52 Å². The van der Waals surface area contributed by atoms with E-state index in [4.69, 9.17) is 4.42 Å². The molecule has 0 aliphatic rings. The lowest BCUT2D eigenvalue weighted by molar-refractivity contribution is 0.174. The van der Waals surface area contributed by atoms with Crippen LogP contribution < -0.4 is 4.90 Å². The van der Waals surface area contributed by atoms with E-state index >= 15 is 0 Å². The molecule has 3 rings (SSSR count). The Balaban J connectivity index is 1.79. The van der Waals surface area contributed by atoms with Crippen molar-refractivity contribution in [2.45, 2.75) is 26.0 Å². The van der Waals surface area contributed by atoms with Crippen LogP contribution in [0.15, 0.2) is 65.1 Å². The molecule has 0 unspecified atom stereocenters. The number of aliphatic hydroxyl groups excluding tert-OH is 1. The first-order valence-electron chi connectivity index (χ1n) is 8.12. The minimum absolute atomic E-state index is 0.401. The smallest absolute Gasteiger partial charge is 0.247 e. The van der Waals surface area contributed by atoms with Gasteiger partial charge in [0, 0.05) is 17.8 Å². The Morgan fingerprint density at radius 2 is 1.67 bits per heavy atom. The number of hydrogen-bond acceptors (Lipinski definition) is 5. The molecule has 1 atom stereocenters. The van der Waals surface area contributed by atoms with Crippen molar-refractivity contribution >= 4 is 5.69 Å². The number of aliphatic hydroxyl groups is 1. The fourth-order valence-electron chi connectivity index (χ4n) is 2.46. The van der Waals surface area contributed by atoms with Gasteiger partial charge in [-0.2, -0.15) is 0 Å². The average molecular weight is 323 g/mol. The second-order valence-corrected chi connectivity index (χ2v) is 5.65. The number of para-hydroxylation sites is 1. The first kappa shape index (κ1) is 16.2. The van der Waals surface area contributed by atoms with Crippen LogP contribution in [0.3, 0.4) is 0 Å². The standard InChI is InChI=1S/C19H21N3O2/c1-2-17(23)13-22(16-11-7-4-8-12-16)14-18-20-21-19(24-18)15-9-5-3-6-10-15/h3-12,17,23H,2,13-14H2,1H3/t17-/m0/s1. The van der Waals surface area contributed by atoms with E-state index in [-0.39, 0.29) is 0 Å². The van der Waals surface area contributed by atoms with Crippen LogP contribution in [0, 0.1) is 0 Å². The lowest BCUT2D eigenvalue weighted by Crippen LogP contribution is -2.31. The fraction of sp³-hybridized carbons (Fsp3) is 0.263. The van der Waals surface area contributed by atoms with Crippen molar-refractivity contribution in [3.63, 3.8) is 0 Å². The van der Waals surface area contributed by atoms with E-state index in [2.05, 4.69) is 15.1 Å². The number of rotatable bonds is 7. The minimum Gasteiger partial charge on any atom is -0.419 e. The average Bonchev–Trinajstić information content (AvgIpc) is 3.11. The van der Waals surface area contributed by atoms with Crippen LogP contribution in [0.4, 0.5) is 5.69 Å². The van der Waals surface area contributed by atoms with Gasteiger partial charge in [0.05, 0.1) is 12.6 Å². The Kier molecular flexibility index (Phi) is 5.23. The maximum Gasteiger partial charge on any atom is 0.247 e. The Hall–Kier alpha value is -2.66. The van der Waals surface area contributed by atoms with Crippen molar-refractivity contribution in [3.05, 3.63) is 66.6 Å². The molecule has 0 bridgehead atoms. The fourth-order valence-corrected chi connectivity index (χ4v) is 2.46. The molecule has 1 aromatic heterocycles. The highest BCUT2D eigenvalue weighted by Crippen LogP contribution is 2.21. The molecule has 124 valence electrons. The van der Waals surface area contributed by atoms with Crippen LogP contribution in [0.1, 0.15) is 19.2 Å². The number of benzene rings is 2. The van der Waals surface area contributed by atoms with Gasteiger partial charge in [-0.1, -0.05) is 43.3 Å². The molecular weight excluding hydrogens is 302 g/mol. The van der Waals surface area contributed by atoms with Crippen LogP contribution >= 0.6 is 0 Å². The Labute approximate surface area is 141 Å². The summed E-state index contributed by atoms with van der Waals surface area (Å²) in [5, 5.41) is 18.3. The largest absolute Gasteiger partial charge is 0.419 e. The zero-order valence-corrected chi connectivity index (χ0v) is 13.7. The first-order chi connectivity index (χ1) is 11.8. The summed E-state index contributed by atoms with van der Waals surface area (Å²) in [6.07, 6.45) is 0.296. The molecule has 2 aromatic carbocycles. The van der Waals surface area contributed by atoms with E-state index in [0.29, 0.717) is 31.3 Å². The summed E-state index contributed by atoms with van der Waals surface area (Å²) >= 11 is 0. The van der Waals surface area contributed by atoms with Crippen molar-refractivity contribution in [2.75, 3.05) is 11.4 Å². The highest BCUT2D eigenvalue weighted by Gasteiger charge is 2.16. The normalized spacial score (nSPS) is 12.1. The summed E-state index contributed by atoms with van der Waals surface area (Å²) in [5.41, 5.74) is 1.92. The summed E-state index contributed by atoms with van der Waals surface area (Å²) in [7, 11) is 0. The van der Waals surface area contributed by atoms with Crippen LogP contribution in [0.2, 0.25) is 0 Å². The second kappa shape index (κ2) is 7.75. The van der Waals surface area contributed by atoms with Crippen molar-refractivity contribution in [1.29, 1.82) is 0 Å². The van der Waals surface area contributed by atoms with Gasteiger partial charge in [-0.15, -0.1) is 10.2 Å². The molecule has 0 aliphatic carbocycles. The molecule has 0 saturated heterocycles. The third-order valence-corrected chi connectivity index (χ3v) is 3.84. The molecule has 0 saturated carbocycles. The second-order valence-electron chi connectivity index (χ2n) is 5.65. The Morgan fingerprint density at radius 1 is 1.00 bits per heavy atom. The van der Waals surface area contributed by atoms with Crippen LogP contribution in [0.25, 0.3) is 11.5 Å². The van der Waals surface area contributed by atoms with E-state index < -0.39 is 6.10 Å². The first-order valence-corrected chi connectivity index (χ1v) is 8.12. The van der Waals surface area contributed by atoms with Crippen molar-refractivity contribution in [1.82, 2.24) is 10.2 Å². The van der Waals surface area contributed by atoms with E-state index in [1.807, 2.05) is 67.6 Å². The molecule has 0 spiro atoms. The molecule has 1 heterocycles. The molecule has 0 radical (unpaired) electrons. The molecule has 1 N–H and O–H groups in total. The molecule has 0 fully saturated rings. The maximum absolute atomic E-state index is 10.0. The summed E-state index contributed by atoms with van der Waals surface area (Å²) in [6, 6.07) is 19.6. The van der Waals surface area contributed by atoms with E-state index in [0.717, 1.165) is 11.3 Å². The predicted octanol–water partition coefficient (Wildman–Crippen LogP) is 3.51. The van der Waals surface area contributed by atoms with Gasteiger partial charge in [-0.05, 0) is 30.7 Å². The Bertz CT molecular complexity index is 744. The highest BCUT2D eigenvalue weighted by molar-refractivity contribution is 5.52. The number of nitrogens with zero attached hydrogens (tertiary/aromatic N) is 3. The van der Waals surface area contributed by atoms with Crippen LogP contribution in [0.5, 0.6) is 0 Å². The minimum atomic E-state index is -0.401. The van der Waals surface area contributed by atoms with Gasteiger partial charge in [0.1, 0.15) is 0 Å². The van der Waals surface area contributed by atoms with Crippen LogP contribution in [-0.2, 0) is 6.54 Å². The van der Waals surface area contributed by atoms with Crippen LogP contribution in [-0.4, -0.2) is 28.0 Å². The van der Waals surface area contributed by atoms with Gasteiger partial charge in [0.2, 0.25) is 11.8 Å². The lowest BCUT2D eigenvalue weighted by atomic mass is 10.2. The van der Waals surface area contributed by atoms with Gasteiger partial charge >= 0.3 is 0 Å². The molecule has 0 amide bonds. The zero-order valence-electron chi connectivity index (χ0n) is 13.7. The Morgan fingerprint density at radius 3 is 2.33 bits per heavy atom. The molecule has 0 aliphatic heterocycles. The molecular formula is C19H21N3O2. The maximum atomic E-state index is 10.0. The van der Waals surface area contributed by atoms with Crippen molar-refractivity contribution in [2.24, 2.45) is 0 Å². The lowest BCUT2D eigenvalue weighted by Gasteiger charge is -2.25. The van der Waals surface area contributed by atoms with E-state index in [1.54, 1.807) is 0 Å². The summed E-state index contributed by atoms with van der Waals surface area (Å²) in [5.74, 6) is 1.04. The topological polar surface area (TPSA) is 62.4 Å².